The van der Waals surface area contributed by atoms with Crippen LogP contribution in [0.25, 0.3) is 0 Å². The largest absolute Gasteiger partial charge is 0.312 e. The second kappa shape index (κ2) is 4.83. The van der Waals surface area contributed by atoms with Crippen LogP contribution >= 0.6 is 0 Å². The van der Waals surface area contributed by atoms with Crippen molar-refractivity contribution in [2.45, 2.75) is 6.92 Å². The van der Waals surface area contributed by atoms with Crippen LogP contribution in [0, 0.1) is 5.92 Å². The van der Waals surface area contributed by atoms with Gasteiger partial charge in [-0.2, -0.15) is 0 Å². The normalized spacial score (nSPS) is 22.5. The zero-order chi connectivity index (χ0) is 14.3. The van der Waals surface area contributed by atoms with E-state index in [1.807, 2.05) is 0 Å². The van der Waals surface area contributed by atoms with Crippen LogP contribution in [0.5, 0.6) is 0 Å². The molecule has 0 saturated heterocycles. The van der Waals surface area contributed by atoms with E-state index in [1.165, 1.54) is 0 Å². The Kier molecular flexibility index (Phi) is 3.14. The van der Waals surface area contributed by atoms with Crippen molar-refractivity contribution in [2.75, 3.05) is 19.6 Å². The lowest BCUT2D eigenvalue weighted by Gasteiger charge is -2.24. The maximum Gasteiger partial charge on any atom is 0.261 e. The summed E-state index contributed by atoms with van der Waals surface area (Å²) < 4.78 is 14.1. The lowest BCUT2D eigenvalue weighted by atomic mass is 10.0. The van der Waals surface area contributed by atoms with E-state index in [0.29, 0.717) is 29.8 Å². The van der Waals surface area contributed by atoms with E-state index in [4.69, 9.17) is 0 Å². The van der Waals surface area contributed by atoms with Gasteiger partial charge in [0.15, 0.2) is 0 Å². The fourth-order valence-electron chi connectivity index (χ4n) is 2.67. The molecule has 0 aromatic heterocycles. The average molecular weight is 274 g/mol. The van der Waals surface area contributed by atoms with E-state index in [-0.39, 0.29) is 30.1 Å². The molecule has 2 aliphatic heterocycles. The van der Waals surface area contributed by atoms with Crippen LogP contribution in [-0.2, 0) is 0 Å². The van der Waals surface area contributed by atoms with Gasteiger partial charge in [0.2, 0.25) is 0 Å². The smallest absolute Gasteiger partial charge is 0.261 e. The van der Waals surface area contributed by atoms with Crippen molar-refractivity contribution in [3.8, 4) is 0 Å². The molecule has 1 aromatic rings. The van der Waals surface area contributed by atoms with Gasteiger partial charge in [-0.25, -0.2) is 4.39 Å². The maximum atomic E-state index is 14.1. The summed E-state index contributed by atoms with van der Waals surface area (Å²) in [4.78, 5) is 25.5. The van der Waals surface area contributed by atoms with Crippen LogP contribution in [0.3, 0.4) is 0 Å². The van der Waals surface area contributed by atoms with Gasteiger partial charge < -0.3 is 5.32 Å². The Balaban J connectivity index is 1.89. The molecule has 2 aliphatic rings. The molecule has 20 heavy (non-hydrogen) atoms. The zero-order valence-corrected chi connectivity index (χ0v) is 11.1. The molecule has 1 unspecified atom stereocenters. The first-order chi connectivity index (χ1) is 9.59. The molecule has 0 bridgehead atoms. The predicted octanol–water partition coefficient (Wildman–Crippen LogP) is 1.75. The SMILES string of the molecule is CC1CNCC(CN2C(=O)c3ccccc3C2=O)=C1F. The fourth-order valence-corrected chi connectivity index (χ4v) is 2.67. The number of rotatable bonds is 2. The predicted molar refractivity (Wildman–Crippen MR) is 72.0 cm³/mol. The minimum Gasteiger partial charge on any atom is -0.312 e. The highest BCUT2D eigenvalue weighted by Crippen LogP contribution is 2.26. The number of fused-ring (bicyclic) bond motifs is 1. The van der Waals surface area contributed by atoms with E-state index < -0.39 is 0 Å². The van der Waals surface area contributed by atoms with E-state index in [9.17, 15) is 14.0 Å². The quantitative estimate of drug-likeness (QED) is 0.836. The third-order valence-corrected chi connectivity index (χ3v) is 3.79. The molecule has 0 saturated carbocycles. The molecule has 5 heteroatoms. The van der Waals surface area contributed by atoms with Gasteiger partial charge >= 0.3 is 0 Å². The lowest BCUT2D eigenvalue weighted by Crippen LogP contribution is -2.38. The standard InChI is InChI=1S/C15H15FN2O2/c1-9-6-17-7-10(13(9)16)8-18-14(19)11-4-2-3-5-12(11)15(18)20/h2-5,9,17H,6-8H2,1H3. The molecular formula is C15H15FN2O2. The van der Waals surface area contributed by atoms with Gasteiger partial charge in [0.05, 0.1) is 17.7 Å². The van der Waals surface area contributed by atoms with Crippen molar-refractivity contribution >= 4 is 11.8 Å². The molecule has 2 heterocycles. The van der Waals surface area contributed by atoms with Crippen molar-refractivity contribution in [3.05, 3.63) is 46.8 Å². The van der Waals surface area contributed by atoms with Crippen LogP contribution in [0.4, 0.5) is 4.39 Å². The van der Waals surface area contributed by atoms with E-state index >= 15 is 0 Å². The molecule has 1 N–H and O–H groups in total. The van der Waals surface area contributed by atoms with Crippen LogP contribution in [0.15, 0.2) is 35.7 Å². The second-order valence-electron chi connectivity index (χ2n) is 5.23. The van der Waals surface area contributed by atoms with Gasteiger partial charge in [-0.3, -0.25) is 14.5 Å². The summed E-state index contributed by atoms with van der Waals surface area (Å²) in [6.07, 6.45) is 0. The van der Waals surface area contributed by atoms with Crippen LogP contribution < -0.4 is 5.32 Å². The molecule has 0 spiro atoms. The zero-order valence-electron chi connectivity index (χ0n) is 11.1. The average Bonchev–Trinajstić information content (AvgIpc) is 2.69. The van der Waals surface area contributed by atoms with Crippen LogP contribution in [0.1, 0.15) is 27.6 Å². The van der Waals surface area contributed by atoms with Crippen molar-refractivity contribution in [1.82, 2.24) is 10.2 Å². The van der Waals surface area contributed by atoms with Gasteiger partial charge in [-0.15, -0.1) is 0 Å². The lowest BCUT2D eigenvalue weighted by molar-refractivity contribution is 0.0665. The van der Waals surface area contributed by atoms with E-state index in [0.717, 1.165) is 4.90 Å². The number of carbonyl (C=O) groups is 2. The Morgan fingerprint density at radius 1 is 1.25 bits per heavy atom. The highest BCUT2D eigenvalue weighted by Gasteiger charge is 2.36. The van der Waals surface area contributed by atoms with Gasteiger partial charge in [-0.05, 0) is 17.7 Å². The summed E-state index contributed by atoms with van der Waals surface area (Å²) in [5, 5.41) is 3.09. The fraction of sp³-hybridized carbons (Fsp3) is 0.333. The van der Waals surface area contributed by atoms with Crippen molar-refractivity contribution < 1.29 is 14.0 Å². The third kappa shape index (κ3) is 1.94. The summed E-state index contributed by atoms with van der Waals surface area (Å²) >= 11 is 0. The molecule has 0 fully saturated rings. The number of benzene rings is 1. The number of imide groups is 1. The summed E-state index contributed by atoms with van der Waals surface area (Å²) in [6, 6.07) is 6.69. The van der Waals surface area contributed by atoms with E-state index in [2.05, 4.69) is 5.32 Å². The molecule has 4 nitrogen and oxygen atoms in total. The molecule has 3 rings (SSSR count). The number of amides is 2. The molecule has 0 aliphatic carbocycles. The Labute approximate surface area is 116 Å². The first-order valence-corrected chi connectivity index (χ1v) is 6.63. The van der Waals surface area contributed by atoms with Gasteiger partial charge in [0, 0.05) is 19.0 Å². The third-order valence-electron chi connectivity index (χ3n) is 3.79. The summed E-state index contributed by atoms with van der Waals surface area (Å²) in [7, 11) is 0. The maximum absolute atomic E-state index is 14.1. The van der Waals surface area contributed by atoms with Crippen molar-refractivity contribution in [2.24, 2.45) is 5.92 Å². The second-order valence-corrected chi connectivity index (χ2v) is 5.23. The molecule has 0 radical (unpaired) electrons. The number of hydrogen-bond donors (Lipinski definition) is 1. The van der Waals surface area contributed by atoms with Crippen LogP contribution in [-0.4, -0.2) is 36.3 Å². The number of carbonyl (C=O) groups excluding carboxylic acids is 2. The number of halogens is 1. The van der Waals surface area contributed by atoms with Crippen molar-refractivity contribution in [1.29, 1.82) is 0 Å². The molecule has 1 aromatic carbocycles. The molecule has 2 amide bonds. The van der Waals surface area contributed by atoms with Gasteiger partial charge in [-0.1, -0.05) is 19.1 Å². The molecule has 1 atom stereocenters. The number of hydrogen-bond acceptors (Lipinski definition) is 3. The number of nitrogens with zero attached hydrogens (tertiary/aromatic N) is 1. The minimum atomic E-state index is -0.343. The van der Waals surface area contributed by atoms with E-state index in [1.54, 1.807) is 31.2 Å². The first kappa shape index (κ1) is 13.0. The Hall–Kier alpha value is -2.01. The molecular weight excluding hydrogens is 259 g/mol. The Morgan fingerprint density at radius 2 is 1.85 bits per heavy atom. The van der Waals surface area contributed by atoms with Gasteiger partial charge in [0.1, 0.15) is 5.83 Å². The summed E-state index contributed by atoms with van der Waals surface area (Å²) in [5.41, 5.74) is 1.28. The minimum absolute atomic E-state index is 0.0233. The highest BCUT2D eigenvalue weighted by molar-refractivity contribution is 6.21. The molecule has 104 valence electrons. The Bertz CT molecular complexity index is 589. The Morgan fingerprint density at radius 3 is 2.45 bits per heavy atom. The highest BCUT2D eigenvalue weighted by atomic mass is 19.1. The summed E-state index contributed by atoms with van der Waals surface area (Å²) in [6.45, 7) is 2.76. The van der Waals surface area contributed by atoms with Crippen LogP contribution in [0.2, 0.25) is 0 Å². The summed E-state index contributed by atoms with van der Waals surface area (Å²) in [5.74, 6) is -1.11. The monoisotopic (exact) mass is 274 g/mol. The first-order valence-electron chi connectivity index (χ1n) is 6.63. The van der Waals surface area contributed by atoms with Gasteiger partial charge in [0.25, 0.3) is 11.8 Å². The van der Waals surface area contributed by atoms with Crippen molar-refractivity contribution in [3.63, 3.8) is 0 Å². The number of nitrogens with one attached hydrogen (secondary N) is 1. The topological polar surface area (TPSA) is 49.4 Å².